The largest absolute Gasteiger partial charge is 0.326 e. The molecule has 2 heteroatoms. The van der Waals surface area contributed by atoms with Crippen LogP contribution in [-0.4, -0.2) is 30.6 Å². The molecular formula is C18H40N2. The Kier molecular flexibility index (Phi) is 11.5. The number of rotatable bonds is 13. The van der Waals surface area contributed by atoms with Gasteiger partial charge in [-0.1, -0.05) is 71.1 Å². The van der Waals surface area contributed by atoms with Crippen molar-refractivity contribution >= 4 is 0 Å². The molecular weight excluding hydrogens is 244 g/mol. The average Bonchev–Trinajstić information content (AvgIpc) is 2.40. The molecule has 0 fully saturated rings. The van der Waals surface area contributed by atoms with Crippen LogP contribution in [0.3, 0.4) is 0 Å². The minimum absolute atomic E-state index is 0.110. The fourth-order valence-corrected chi connectivity index (χ4v) is 2.54. The third-order valence-electron chi connectivity index (χ3n) is 4.93. The van der Waals surface area contributed by atoms with Gasteiger partial charge in [0.05, 0.1) is 0 Å². The molecule has 0 aromatic rings. The molecule has 2 nitrogen and oxygen atoms in total. The lowest BCUT2D eigenvalue weighted by Gasteiger charge is -2.38. The zero-order valence-corrected chi connectivity index (χ0v) is 14.9. The van der Waals surface area contributed by atoms with Crippen molar-refractivity contribution in [2.75, 3.05) is 14.1 Å². The molecule has 0 heterocycles. The molecule has 0 aliphatic heterocycles. The molecule has 0 rings (SSSR count). The highest BCUT2D eigenvalue weighted by Crippen LogP contribution is 2.19. The van der Waals surface area contributed by atoms with Gasteiger partial charge in [0.15, 0.2) is 0 Å². The second-order valence-electron chi connectivity index (χ2n) is 7.13. The van der Waals surface area contributed by atoms with Crippen molar-refractivity contribution in [3.63, 3.8) is 0 Å². The summed E-state index contributed by atoms with van der Waals surface area (Å²) in [6.45, 7) is 6.77. The molecule has 0 bridgehead atoms. The zero-order chi connectivity index (χ0) is 15.4. The van der Waals surface area contributed by atoms with Crippen LogP contribution in [0, 0.1) is 0 Å². The first-order valence-electron chi connectivity index (χ1n) is 8.86. The number of hydrogen-bond donors (Lipinski definition) is 1. The summed E-state index contributed by atoms with van der Waals surface area (Å²) in [4.78, 5) is 2.24. The number of unbranched alkanes of at least 4 members (excludes halogenated alkanes) is 9. The van der Waals surface area contributed by atoms with E-state index in [-0.39, 0.29) is 11.6 Å². The Hall–Kier alpha value is -0.0800. The number of nitrogens with zero attached hydrogens (tertiary/aromatic N) is 1. The van der Waals surface area contributed by atoms with Crippen molar-refractivity contribution in [2.45, 2.75) is 103 Å². The molecule has 0 saturated carbocycles. The van der Waals surface area contributed by atoms with Gasteiger partial charge in [-0.3, -0.25) is 0 Å². The molecule has 0 spiro atoms. The third kappa shape index (κ3) is 8.97. The van der Waals surface area contributed by atoms with E-state index < -0.39 is 0 Å². The lowest BCUT2D eigenvalue weighted by atomic mass is 9.89. The number of hydrogen-bond acceptors (Lipinski definition) is 2. The van der Waals surface area contributed by atoms with Crippen LogP contribution in [0.4, 0.5) is 0 Å². The first-order valence-corrected chi connectivity index (χ1v) is 8.86. The topological polar surface area (TPSA) is 29.3 Å². The maximum atomic E-state index is 6.32. The predicted octanol–water partition coefficient (Wildman–Crippen LogP) is 4.96. The van der Waals surface area contributed by atoms with Crippen LogP contribution in [0.5, 0.6) is 0 Å². The fraction of sp³-hybridized carbons (Fsp3) is 1.00. The summed E-state index contributed by atoms with van der Waals surface area (Å²) >= 11 is 0. The smallest absolute Gasteiger partial charge is 0.0298 e. The van der Waals surface area contributed by atoms with Gasteiger partial charge in [-0.2, -0.15) is 0 Å². The molecule has 122 valence electrons. The van der Waals surface area contributed by atoms with Crippen molar-refractivity contribution in [1.29, 1.82) is 0 Å². The highest BCUT2D eigenvalue weighted by molar-refractivity contribution is 4.88. The first kappa shape index (κ1) is 19.9. The average molecular weight is 285 g/mol. The minimum atomic E-state index is 0.110. The lowest BCUT2D eigenvalue weighted by molar-refractivity contribution is 0.151. The van der Waals surface area contributed by atoms with E-state index in [1.165, 1.54) is 64.2 Å². The first-order chi connectivity index (χ1) is 9.42. The van der Waals surface area contributed by atoms with Gasteiger partial charge < -0.3 is 10.6 Å². The number of nitrogens with two attached hydrogens (primary N) is 1. The Bertz CT molecular complexity index is 211. The summed E-state index contributed by atoms with van der Waals surface area (Å²) in [5.74, 6) is 0. The van der Waals surface area contributed by atoms with E-state index in [1.807, 2.05) is 0 Å². The Morgan fingerprint density at radius 2 is 1.20 bits per heavy atom. The van der Waals surface area contributed by atoms with Gasteiger partial charge in [-0.25, -0.2) is 0 Å². The normalized spacial score (nSPS) is 13.9. The van der Waals surface area contributed by atoms with Crippen LogP contribution in [0.1, 0.15) is 91.4 Å². The summed E-state index contributed by atoms with van der Waals surface area (Å²) in [7, 11) is 4.25. The van der Waals surface area contributed by atoms with E-state index in [1.54, 1.807) is 0 Å². The molecule has 0 amide bonds. The summed E-state index contributed by atoms with van der Waals surface area (Å²) in [6.07, 6.45) is 15.1. The molecule has 20 heavy (non-hydrogen) atoms. The molecule has 0 radical (unpaired) electrons. The van der Waals surface area contributed by atoms with E-state index in [2.05, 4.69) is 39.8 Å². The van der Waals surface area contributed by atoms with Crippen molar-refractivity contribution in [3.05, 3.63) is 0 Å². The molecule has 0 aliphatic rings. The Balaban J connectivity index is 3.40. The SMILES string of the molecule is CCCCCCCCCCCCC(N)C(C)(C)N(C)C. The number of likely N-dealkylation sites (N-methyl/N-ethyl adjacent to an activating group) is 1. The van der Waals surface area contributed by atoms with Gasteiger partial charge in [0.2, 0.25) is 0 Å². The summed E-state index contributed by atoms with van der Waals surface area (Å²) in [6, 6.07) is 0.284. The maximum Gasteiger partial charge on any atom is 0.0298 e. The van der Waals surface area contributed by atoms with Crippen LogP contribution < -0.4 is 5.73 Å². The van der Waals surface area contributed by atoms with E-state index in [9.17, 15) is 0 Å². The van der Waals surface area contributed by atoms with Crippen LogP contribution in [0.15, 0.2) is 0 Å². The zero-order valence-electron chi connectivity index (χ0n) is 14.9. The molecule has 0 aromatic carbocycles. The van der Waals surface area contributed by atoms with Crippen molar-refractivity contribution < 1.29 is 0 Å². The van der Waals surface area contributed by atoms with Gasteiger partial charge in [0.25, 0.3) is 0 Å². The van der Waals surface area contributed by atoms with Gasteiger partial charge in [-0.05, 0) is 34.4 Å². The van der Waals surface area contributed by atoms with Crippen molar-refractivity contribution in [3.8, 4) is 0 Å². The molecule has 0 aromatic heterocycles. The Morgan fingerprint density at radius 3 is 1.60 bits per heavy atom. The van der Waals surface area contributed by atoms with Crippen molar-refractivity contribution in [2.24, 2.45) is 5.73 Å². The summed E-state index contributed by atoms with van der Waals surface area (Å²) in [5.41, 5.74) is 6.43. The van der Waals surface area contributed by atoms with Gasteiger partial charge in [0, 0.05) is 11.6 Å². The summed E-state index contributed by atoms with van der Waals surface area (Å²) in [5, 5.41) is 0. The van der Waals surface area contributed by atoms with E-state index in [0.717, 1.165) is 6.42 Å². The molecule has 1 atom stereocenters. The van der Waals surface area contributed by atoms with Gasteiger partial charge in [-0.15, -0.1) is 0 Å². The molecule has 2 N–H and O–H groups in total. The predicted molar refractivity (Wildman–Crippen MR) is 92.2 cm³/mol. The highest BCUT2D eigenvalue weighted by Gasteiger charge is 2.27. The fourth-order valence-electron chi connectivity index (χ4n) is 2.54. The van der Waals surface area contributed by atoms with Gasteiger partial charge >= 0.3 is 0 Å². The monoisotopic (exact) mass is 284 g/mol. The van der Waals surface area contributed by atoms with E-state index in [4.69, 9.17) is 5.73 Å². The molecule has 1 unspecified atom stereocenters. The van der Waals surface area contributed by atoms with E-state index in [0.29, 0.717) is 0 Å². The quantitative estimate of drug-likeness (QED) is 0.484. The summed E-state index contributed by atoms with van der Waals surface area (Å²) < 4.78 is 0. The van der Waals surface area contributed by atoms with Crippen LogP contribution in [0.2, 0.25) is 0 Å². The second-order valence-corrected chi connectivity index (χ2v) is 7.13. The van der Waals surface area contributed by atoms with Gasteiger partial charge in [0.1, 0.15) is 0 Å². The molecule has 0 saturated heterocycles. The second kappa shape index (κ2) is 11.6. The van der Waals surface area contributed by atoms with Crippen LogP contribution >= 0.6 is 0 Å². The molecule has 0 aliphatic carbocycles. The Morgan fingerprint density at radius 1 is 0.800 bits per heavy atom. The Labute approximate surface area is 128 Å². The van der Waals surface area contributed by atoms with Crippen LogP contribution in [-0.2, 0) is 0 Å². The highest BCUT2D eigenvalue weighted by atomic mass is 15.2. The van der Waals surface area contributed by atoms with Crippen LogP contribution in [0.25, 0.3) is 0 Å². The third-order valence-corrected chi connectivity index (χ3v) is 4.93. The minimum Gasteiger partial charge on any atom is -0.326 e. The standard InChI is InChI=1S/C18H40N2/c1-6-7-8-9-10-11-12-13-14-15-16-17(19)18(2,3)20(4)5/h17H,6-16,19H2,1-5H3. The van der Waals surface area contributed by atoms with Crippen molar-refractivity contribution in [1.82, 2.24) is 4.90 Å². The van der Waals surface area contributed by atoms with E-state index >= 15 is 0 Å². The maximum absolute atomic E-state index is 6.32. The lowest BCUT2D eigenvalue weighted by Crippen LogP contribution is -2.52.